The maximum Gasteiger partial charge on any atom is 0.265 e. The lowest BCUT2D eigenvalue weighted by Gasteiger charge is -2.07. The fourth-order valence-corrected chi connectivity index (χ4v) is 3.65. The Labute approximate surface area is 124 Å². The van der Waals surface area contributed by atoms with Gasteiger partial charge in [0.25, 0.3) is 10.0 Å². The third-order valence-corrected chi connectivity index (χ3v) is 4.75. The second-order valence-electron chi connectivity index (χ2n) is 4.87. The van der Waals surface area contributed by atoms with Gasteiger partial charge in [0.05, 0.1) is 23.3 Å². The number of rotatable bonds is 6. The summed E-state index contributed by atoms with van der Waals surface area (Å²) in [5.74, 6) is 0. The first-order chi connectivity index (χ1) is 9.85. The first-order valence-electron chi connectivity index (χ1n) is 6.60. The molecule has 2 heterocycles. The van der Waals surface area contributed by atoms with Crippen molar-refractivity contribution in [1.29, 1.82) is 0 Å². The highest BCUT2D eigenvalue weighted by molar-refractivity contribution is 7.92. The molecule has 2 aromatic heterocycles. The van der Waals surface area contributed by atoms with Crippen LogP contribution in [0.5, 0.6) is 0 Å². The van der Waals surface area contributed by atoms with Gasteiger partial charge in [0, 0.05) is 19.8 Å². The molecule has 116 valence electrons. The molecule has 21 heavy (non-hydrogen) atoms. The molecule has 0 aliphatic carbocycles. The predicted octanol–water partition coefficient (Wildman–Crippen LogP) is 0.383. The van der Waals surface area contributed by atoms with E-state index in [1.54, 1.807) is 31.8 Å². The Morgan fingerprint density at radius 3 is 2.67 bits per heavy atom. The summed E-state index contributed by atoms with van der Waals surface area (Å²) in [5.41, 5.74) is 6.98. The molecule has 0 aromatic carbocycles. The van der Waals surface area contributed by atoms with Crippen LogP contribution in [0.3, 0.4) is 0 Å². The van der Waals surface area contributed by atoms with Crippen LogP contribution in [0.2, 0.25) is 0 Å². The van der Waals surface area contributed by atoms with Crippen LogP contribution in [0.25, 0.3) is 0 Å². The maximum atomic E-state index is 12.5. The van der Waals surface area contributed by atoms with Gasteiger partial charge in [-0.15, -0.1) is 0 Å². The van der Waals surface area contributed by atoms with E-state index < -0.39 is 10.0 Å². The smallest absolute Gasteiger partial charge is 0.265 e. The fourth-order valence-electron chi connectivity index (χ4n) is 2.21. The Morgan fingerprint density at radius 2 is 2.10 bits per heavy atom. The lowest BCUT2D eigenvalue weighted by Crippen LogP contribution is -2.15. The van der Waals surface area contributed by atoms with Crippen LogP contribution in [0.15, 0.2) is 17.3 Å². The summed E-state index contributed by atoms with van der Waals surface area (Å²) in [6.45, 7) is 4.57. The van der Waals surface area contributed by atoms with Gasteiger partial charge in [0.2, 0.25) is 0 Å². The van der Waals surface area contributed by atoms with E-state index in [4.69, 9.17) is 5.73 Å². The summed E-state index contributed by atoms with van der Waals surface area (Å²) in [6.07, 6.45) is 3.81. The third kappa shape index (κ3) is 3.24. The molecule has 0 saturated carbocycles. The van der Waals surface area contributed by atoms with Gasteiger partial charge in [0.15, 0.2) is 0 Å². The molecule has 0 unspecified atom stereocenters. The average Bonchev–Trinajstić information content (AvgIpc) is 2.90. The minimum absolute atomic E-state index is 0.211. The second-order valence-corrected chi connectivity index (χ2v) is 6.49. The van der Waals surface area contributed by atoms with Gasteiger partial charge in [-0.25, -0.2) is 8.42 Å². The Bertz CT molecular complexity index is 731. The number of sulfonamides is 1. The maximum absolute atomic E-state index is 12.5. The number of nitrogens with one attached hydrogen (secondary N) is 1. The third-order valence-electron chi connectivity index (χ3n) is 3.11. The zero-order chi connectivity index (χ0) is 15.6. The van der Waals surface area contributed by atoms with E-state index in [1.165, 1.54) is 10.9 Å². The van der Waals surface area contributed by atoms with E-state index in [0.29, 0.717) is 30.2 Å². The standard InChI is InChI=1S/C12H20N6O2S/c1-9-12(10(2)18(15-9)6-4-5-13)21(19,20)16-11-7-14-17(3)8-11/h7-8,16H,4-6,13H2,1-3H3. The van der Waals surface area contributed by atoms with Crippen molar-refractivity contribution >= 4 is 15.7 Å². The molecule has 9 heteroatoms. The van der Waals surface area contributed by atoms with E-state index in [9.17, 15) is 8.42 Å². The van der Waals surface area contributed by atoms with Gasteiger partial charge < -0.3 is 5.73 Å². The number of hydrogen-bond donors (Lipinski definition) is 2. The lowest BCUT2D eigenvalue weighted by molar-refractivity contribution is 0.565. The molecule has 0 atom stereocenters. The van der Waals surface area contributed by atoms with Crippen LogP contribution < -0.4 is 10.5 Å². The molecular formula is C12H20N6O2S. The van der Waals surface area contributed by atoms with Gasteiger partial charge >= 0.3 is 0 Å². The number of nitrogens with two attached hydrogens (primary N) is 1. The molecule has 2 aromatic rings. The topological polar surface area (TPSA) is 108 Å². The van der Waals surface area contributed by atoms with E-state index in [2.05, 4.69) is 14.9 Å². The average molecular weight is 312 g/mol. The molecule has 0 spiro atoms. The van der Waals surface area contributed by atoms with Crippen molar-refractivity contribution < 1.29 is 8.42 Å². The molecule has 3 N–H and O–H groups in total. The Kier molecular flexibility index (Phi) is 4.33. The Hall–Kier alpha value is -1.87. The number of aromatic nitrogens is 4. The van der Waals surface area contributed by atoms with Crippen molar-refractivity contribution in [2.75, 3.05) is 11.3 Å². The quantitative estimate of drug-likeness (QED) is 0.802. The monoisotopic (exact) mass is 312 g/mol. The lowest BCUT2D eigenvalue weighted by atomic mass is 10.4. The summed E-state index contributed by atoms with van der Waals surface area (Å²) >= 11 is 0. The first kappa shape index (κ1) is 15.5. The SMILES string of the molecule is Cc1nn(CCCN)c(C)c1S(=O)(=O)Nc1cnn(C)c1. The molecule has 0 radical (unpaired) electrons. The summed E-state index contributed by atoms with van der Waals surface area (Å²) in [5, 5.41) is 8.22. The van der Waals surface area contributed by atoms with Crippen molar-refractivity contribution in [2.45, 2.75) is 31.7 Å². The van der Waals surface area contributed by atoms with E-state index in [-0.39, 0.29) is 4.90 Å². The van der Waals surface area contributed by atoms with Gasteiger partial charge in [-0.05, 0) is 26.8 Å². The van der Waals surface area contributed by atoms with Crippen molar-refractivity contribution in [2.24, 2.45) is 12.8 Å². The van der Waals surface area contributed by atoms with Crippen molar-refractivity contribution in [1.82, 2.24) is 19.6 Å². The van der Waals surface area contributed by atoms with E-state index >= 15 is 0 Å². The normalized spacial score (nSPS) is 11.8. The van der Waals surface area contributed by atoms with Crippen LogP contribution in [-0.4, -0.2) is 34.5 Å². The van der Waals surface area contributed by atoms with Gasteiger partial charge in [-0.2, -0.15) is 10.2 Å². The molecule has 0 aliphatic rings. The Morgan fingerprint density at radius 1 is 1.38 bits per heavy atom. The van der Waals surface area contributed by atoms with Gasteiger partial charge in [-0.1, -0.05) is 0 Å². The molecule has 0 amide bonds. The van der Waals surface area contributed by atoms with Crippen molar-refractivity contribution in [3.8, 4) is 0 Å². The molecule has 0 bridgehead atoms. The second kappa shape index (κ2) is 5.86. The molecule has 8 nitrogen and oxygen atoms in total. The van der Waals surface area contributed by atoms with Crippen LogP contribution in [0.4, 0.5) is 5.69 Å². The van der Waals surface area contributed by atoms with Crippen molar-refractivity contribution in [3.05, 3.63) is 23.8 Å². The zero-order valence-electron chi connectivity index (χ0n) is 12.4. The van der Waals surface area contributed by atoms with Crippen LogP contribution in [0.1, 0.15) is 17.8 Å². The molecule has 0 fully saturated rings. The Balaban J connectivity index is 2.33. The first-order valence-corrected chi connectivity index (χ1v) is 8.09. The number of nitrogens with zero attached hydrogens (tertiary/aromatic N) is 4. The highest BCUT2D eigenvalue weighted by Gasteiger charge is 2.24. The summed E-state index contributed by atoms with van der Waals surface area (Å²) in [6, 6.07) is 0. The summed E-state index contributed by atoms with van der Waals surface area (Å²) < 4.78 is 30.8. The summed E-state index contributed by atoms with van der Waals surface area (Å²) in [4.78, 5) is 0.211. The fraction of sp³-hybridized carbons (Fsp3) is 0.500. The van der Waals surface area contributed by atoms with Crippen LogP contribution in [0, 0.1) is 13.8 Å². The number of aryl methyl sites for hydroxylation is 3. The van der Waals surface area contributed by atoms with Crippen LogP contribution >= 0.6 is 0 Å². The zero-order valence-corrected chi connectivity index (χ0v) is 13.2. The number of anilines is 1. The highest BCUT2D eigenvalue weighted by atomic mass is 32.2. The summed E-state index contributed by atoms with van der Waals surface area (Å²) in [7, 11) is -1.96. The van der Waals surface area contributed by atoms with E-state index in [1.807, 2.05) is 0 Å². The van der Waals surface area contributed by atoms with Crippen molar-refractivity contribution in [3.63, 3.8) is 0 Å². The van der Waals surface area contributed by atoms with Gasteiger partial charge in [0.1, 0.15) is 4.90 Å². The molecule has 0 saturated heterocycles. The minimum atomic E-state index is -3.68. The molecular weight excluding hydrogens is 292 g/mol. The predicted molar refractivity (Wildman–Crippen MR) is 79.4 cm³/mol. The highest BCUT2D eigenvalue weighted by Crippen LogP contribution is 2.22. The minimum Gasteiger partial charge on any atom is -0.330 e. The largest absolute Gasteiger partial charge is 0.330 e. The van der Waals surface area contributed by atoms with Crippen LogP contribution in [-0.2, 0) is 23.6 Å². The molecule has 2 rings (SSSR count). The van der Waals surface area contributed by atoms with E-state index in [0.717, 1.165) is 6.42 Å². The number of hydrogen-bond acceptors (Lipinski definition) is 5. The molecule has 0 aliphatic heterocycles. The van der Waals surface area contributed by atoms with Gasteiger partial charge in [-0.3, -0.25) is 14.1 Å².